The minimum Gasteiger partial charge on any atom is -0.348 e. The molecule has 126 valence electrons. The second-order valence-electron chi connectivity index (χ2n) is 7.75. The zero-order valence-electron chi connectivity index (χ0n) is 14.0. The van der Waals surface area contributed by atoms with Crippen LogP contribution in [0.15, 0.2) is 18.2 Å². The lowest BCUT2D eigenvalue weighted by Gasteiger charge is -2.36. The van der Waals surface area contributed by atoms with Crippen molar-refractivity contribution in [2.75, 3.05) is 7.05 Å². The largest absolute Gasteiger partial charge is 0.348 e. The van der Waals surface area contributed by atoms with Gasteiger partial charge in [0.15, 0.2) is 0 Å². The summed E-state index contributed by atoms with van der Waals surface area (Å²) < 4.78 is 4.53. The quantitative estimate of drug-likeness (QED) is 0.929. The Labute approximate surface area is 146 Å². The molecular weight excluding hydrogens is 318 g/mol. The molecule has 2 bridgehead atoms. The number of hydrogen-bond acceptors (Lipinski definition) is 4. The molecule has 1 aromatic carbocycles. The van der Waals surface area contributed by atoms with Crippen molar-refractivity contribution in [1.29, 1.82) is 0 Å². The van der Waals surface area contributed by atoms with E-state index in [1.807, 2.05) is 0 Å². The van der Waals surface area contributed by atoms with Crippen LogP contribution in [-0.2, 0) is 0 Å². The maximum Gasteiger partial charge on any atom is 0.263 e. The molecule has 0 spiro atoms. The SMILES string of the molecule is CN1C2CCC1CC(NC(=O)c1snc3cc(C4CC4)ccc13)C2. The number of hydrogen-bond donors (Lipinski definition) is 1. The van der Waals surface area contributed by atoms with Gasteiger partial charge in [-0.1, -0.05) is 12.1 Å². The van der Waals surface area contributed by atoms with Crippen molar-refractivity contribution in [2.45, 2.75) is 62.6 Å². The first-order valence-electron chi connectivity index (χ1n) is 9.11. The molecule has 5 heteroatoms. The Morgan fingerprint density at radius 3 is 2.67 bits per heavy atom. The minimum atomic E-state index is 0.0654. The Morgan fingerprint density at radius 2 is 1.96 bits per heavy atom. The van der Waals surface area contributed by atoms with Crippen LogP contribution < -0.4 is 5.32 Å². The first kappa shape index (κ1) is 14.8. The van der Waals surface area contributed by atoms with Gasteiger partial charge in [0, 0.05) is 23.5 Å². The number of rotatable bonds is 3. The molecule has 2 aromatic rings. The van der Waals surface area contributed by atoms with Crippen LogP contribution in [0.2, 0.25) is 0 Å². The molecule has 1 N–H and O–H groups in total. The molecule has 3 heterocycles. The third kappa shape index (κ3) is 2.45. The first-order chi connectivity index (χ1) is 11.7. The maximum absolute atomic E-state index is 12.8. The van der Waals surface area contributed by atoms with E-state index in [1.165, 1.54) is 42.8 Å². The first-order valence-corrected chi connectivity index (χ1v) is 9.88. The van der Waals surface area contributed by atoms with Gasteiger partial charge in [-0.25, -0.2) is 0 Å². The van der Waals surface area contributed by atoms with E-state index in [4.69, 9.17) is 0 Å². The number of nitrogens with one attached hydrogen (secondary N) is 1. The second-order valence-corrected chi connectivity index (χ2v) is 8.53. The van der Waals surface area contributed by atoms with E-state index in [0.717, 1.165) is 34.5 Å². The number of piperidine rings is 1. The monoisotopic (exact) mass is 341 g/mol. The molecule has 5 rings (SSSR count). The highest BCUT2D eigenvalue weighted by Gasteiger charge is 2.39. The van der Waals surface area contributed by atoms with E-state index in [2.05, 4.69) is 39.8 Å². The van der Waals surface area contributed by atoms with E-state index >= 15 is 0 Å². The molecule has 24 heavy (non-hydrogen) atoms. The van der Waals surface area contributed by atoms with Crippen molar-refractivity contribution in [2.24, 2.45) is 0 Å². The topological polar surface area (TPSA) is 45.2 Å². The summed E-state index contributed by atoms with van der Waals surface area (Å²) >= 11 is 1.35. The van der Waals surface area contributed by atoms with E-state index in [9.17, 15) is 4.79 Å². The van der Waals surface area contributed by atoms with Crippen molar-refractivity contribution < 1.29 is 4.79 Å². The van der Waals surface area contributed by atoms with Gasteiger partial charge < -0.3 is 10.2 Å². The normalized spacial score (nSPS) is 30.0. The Morgan fingerprint density at radius 1 is 1.21 bits per heavy atom. The van der Waals surface area contributed by atoms with Gasteiger partial charge >= 0.3 is 0 Å². The van der Waals surface area contributed by atoms with Crippen molar-refractivity contribution in [1.82, 2.24) is 14.6 Å². The molecule has 1 aliphatic carbocycles. The molecule has 1 saturated carbocycles. The molecule has 0 radical (unpaired) electrons. The van der Waals surface area contributed by atoms with Crippen LogP contribution >= 0.6 is 11.5 Å². The molecule has 2 saturated heterocycles. The van der Waals surface area contributed by atoms with Gasteiger partial charge in [-0.2, -0.15) is 4.37 Å². The lowest BCUT2D eigenvalue weighted by Crippen LogP contribution is -2.48. The van der Waals surface area contributed by atoms with E-state index < -0.39 is 0 Å². The van der Waals surface area contributed by atoms with Gasteiger partial charge in [0.25, 0.3) is 5.91 Å². The zero-order valence-corrected chi connectivity index (χ0v) is 14.8. The average molecular weight is 341 g/mol. The predicted octanol–water partition coefficient (Wildman–Crippen LogP) is 3.53. The van der Waals surface area contributed by atoms with Gasteiger partial charge in [0.2, 0.25) is 0 Å². The van der Waals surface area contributed by atoms with E-state index in [0.29, 0.717) is 18.1 Å². The van der Waals surface area contributed by atoms with Crippen LogP contribution in [0.1, 0.15) is 59.7 Å². The Kier molecular flexibility index (Phi) is 3.42. The van der Waals surface area contributed by atoms with Crippen molar-refractivity contribution in [3.63, 3.8) is 0 Å². The summed E-state index contributed by atoms with van der Waals surface area (Å²) in [5.41, 5.74) is 2.37. The van der Waals surface area contributed by atoms with Gasteiger partial charge in [-0.3, -0.25) is 4.79 Å². The number of carbonyl (C=O) groups excluding carboxylic acids is 1. The van der Waals surface area contributed by atoms with Crippen LogP contribution in [0.25, 0.3) is 10.9 Å². The Balaban J connectivity index is 1.34. The summed E-state index contributed by atoms with van der Waals surface area (Å²) in [6.45, 7) is 0. The summed E-state index contributed by atoms with van der Waals surface area (Å²) in [7, 11) is 2.23. The average Bonchev–Trinajstić information content (AvgIpc) is 3.31. The molecule has 2 unspecified atom stereocenters. The molecule has 1 amide bonds. The molecule has 3 fully saturated rings. The Bertz CT molecular complexity index is 783. The molecule has 4 nitrogen and oxygen atoms in total. The number of benzene rings is 1. The lowest BCUT2D eigenvalue weighted by molar-refractivity contribution is 0.0888. The summed E-state index contributed by atoms with van der Waals surface area (Å²) in [4.78, 5) is 16.1. The van der Waals surface area contributed by atoms with Crippen molar-refractivity contribution >= 4 is 28.3 Å². The molecule has 2 aliphatic heterocycles. The highest BCUT2D eigenvalue weighted by atomic mass is 32.1. The lowest BCUT2D eigenvalue weighted by atomic mass is 9.98. The highest BCUT2D eigenvalue weighted by molar-refractivity contribution is 7.09. The smallest absolute Gasteiger partial charge is 0.263 e. The van der Waals surface area contributed by atoms with Crippen LogP contribution in [0.5, 0.6) is 0 Å². The minimum absolute atomic E-state index is 0.0654. The summed E-state index contributed by atoms with van der Waals surface area (Å²) in [6.07, 6.45) is 7.31. The number of carbonyl (C=O) groups is 1. The van der Waals surface area contributed by atoms with Crippen LogP contribution in [0, 0.1) is 0 Å². The summed E-state index contributed by atoms with van der Waals surface area (Å²) in [5.74, 6) is 0.790. The highest BCUT2D eigenvalue weighted by Crippen LogP contribution is 2.41. The van der Waals surface area contributed by atoms with Crippen LogP contribution in [0.3, 0.4) is 0 Å². The van der Waals surface area contributed by atoms with Crippen molar-refractivity contribution in [3.8, 4) is 0 Å². The molecule has 1 aromatic heterocycles. The standard InChI is InChI=1S/C19H23N3OS/c1-22-14-5-6-15(22)10-13(9-14)20-19(23)18-16-7-4-12(11-2-3-11)8-17(16)21-24-18/h4,7-8,11,13-15H,2-3,5-6,9-10H2,1H3,(H,20,23). The molecular formula is C19H23N3OS. The van der Waals surface area contributed by atoms with Gasteiger partial charge in [-0.15, -0.1) is 0 Å². The molecule has 2 atom stereocenters. The number of aromatic nitrogens is 1. The summed E-state index contributed by atoms with van der Waals surface area (Å²) in [6, 6.07) is 8.06. The summed E-state index contributed by atoms with van der Waals surface area (Å²) in [5, 5.41) is 4.30. The third-order valence-corrected chi connectivity index (χ3v) is 7.07. The van der Waals surface area contributed by atoms with Crippen molar-refractivity contribution in [3.05, 3.63) is 28.6 Å². The predicted molar refractivity (Wildman–Crippen MR) is 96.7 cm³/mol. The number of nitrogens with zero attached hydrogens (tertiary/aromatic N) is 2. The second kappa shape index (κ2) is 5.53. The fourth-order valence-corrected chi connectivity index (χ4v) is 5.33. The zero-order chi connectivity index (χ0) is 16.3. The van der Waals surface area contributed by atoms with Gasteiger partial charge in [-0.05, 0) is 74.7 Å². The fourth-order valence-electron chi connectivity index (χ4n) is 4.57. The maximum atomic E-state index is 12.8. The number of fused-ring (bicyclic) bond motifs is 3. The van der Waals surface area contributed by atoms with Gasteiger partial charge in [0.05, 0.1) is 5.52 Å². The van der Waals surface area contributed by atoms with E-state index in [-0.39, 0.29) is 5.91 Å². The molecule has 3 aliphatic rings. The van der Waals surface area contributed by atoms with Crippen LogP contribution in [-0.4, -0.2) is 40.4 Å². The van der Waals surface area contributed by atoms with Crippen LogP contribution in [0.4, 0.5) is 0 Å². The number of amides is 1. The Hall–Kier alpha value is -1.46. The van der Waals surface area contributed by atoms with E-state index in [1.54, 1.807) is 0 Å². The van der Waals surface area contributed by atoms with Gasteiger partial charge in [0.1, 0.15) is 4.88 Å². The third-order valence-electron chi connectivity index (χ3n) is 6.19. The fraction of sp³-hybridized carbons (Fsp3) is 0.579.